The number of aromatic nitrogens is 3. The summed E-state index contributed by atoms with van der Waals surface area (Å²) in [5.74, 6) is 1.35. The quantitative estimate of drug-likeness (QED) is 0.838. The molecule has 2 aliphatic rings. The van der Waals surface area contributed by atoms with Gasteiger partial charge in [0.1, 0.15) is 11.6 Å². The van der Waals surface area contributed by atoms with Crippen LogP contribution in [0.4, 0.5) is 4.39 Å². The molecule has 0 radical (unpaired) electrons. The van der Waals surface area contributed by atoms with Gasteiger partial charge < -0.3 is 9.64 Å². The van der Waals surface area contributed by atoms with Gasteiger partial charge in [-0.25, -0.2) is 14.1 Å². The van der Waals surface area contributed by atoms with E-state index >= 15 is 0 Å². The Morgan fingerprint density at radius 1 is 1.36 bits per heavy atom. The van der Waals surface area contributed by atoms with Gasteiger partial charge in [0.2, 0.25) is 0 Å². The third-order valence-electron chi connectivity index (χ3n) is 4.95. The molecule has 1 aromatic carbocycles. The molecule has 7 heteroatoms. The highest BCUT2D eigenvalue weighted by atomic mass is 19.1. The summed E-state index contributed by atoms with van der Waals surface area (Å²) in [5, 5.41) is 4.46. The first kappa shape index (κ1) is 16.1. The molecule has 4 rings (SSSR count). The van der Waals surface area contributed by atoms with Crippen LogP contribution in [0.2, 0.25) is 0 Å². The van der Waals surface area contributed by atoms with E-state index in [-0.39, 0.29) is 17.7 Å². The van der Waals surface area contributed by atoms with E-state index in [1.807, 2.05) is 29.5 Å². The second-order valence-electron chi connectivity index (χ2n) is 6.77. The van der Waals surface area contributed by atoms with E-state index in [9.17, 15) is 9.18 Å². The molecule has 0 aliphatic carbocycles. The number of rotatable bonds is 2. The number of ether oxygens (including phenoxy) is 1. The Morgan fingerprint density at radius 3 is 2.92 bits per heavy atom. The van der Waals surface area contributed by atoms with Crippen molar-refractivity contribution in [1.82, 2.24) is 19.7 Å². The van der Waals surface area contributed by atoms with Gasteiger partial charge >= 0.3 is 0 Å². The maximum Gasteiger partial charge on any atom is 0.264 e. The summed E-state index contributed by atoms with van der Waals surface area (Å²) < 4.78 is 21.4. The number of para-hydroxylation sites is 1. The van der Waals surface area contributed by atoms with Gasteiger partial charge in [-0.2, -0.15) is 5.10 Å². The number of amides is 1. The number of nitrogens with zero attached hydrogens (tertiary/aromatic N) is 4. The lowest BCUT2D eigenvalue weighted by Crippen LogP contribution is -2.47. The fourth-order valence-corrected chi connectivity index (χ4v) is 3.81. The van der Waals surface area contributed by atoms with E-state index in [1.54, 1.807) is 6.07 Å². The number of aryl methyl sites for hydroxylation is 2. The molecule has 0 saturated carbocycles. The smallest absolute Gasteiger partial charge is 0.264 e. The average molecular weight is 344 g/mol. The fraction of sp³-hybridized carbons (Fsp3) is 0.500. The van der Waals surface area contributed by atoms with Crippen LogP contribution in [0.1, 0.15) is 36.1 Å². The normalized spacial score (nSPS) is 22.6. The van der Waals surface area contributed by atoms with Crippen molar-refractivity contribution in [3.63, 3.8) is 0 Å². The van der Waals surface area contributed by atoms with Crippen LogP contribution in [0.5, 0.6) is 5.75 Å². The SMILES string of the molecule is Cc1nc(C)n([C@H]2CCCN(C(=O)[C@H]3Cc4cccc(F)c4O3)C2)n1. The molecule has 0 N–H and O–H groups in total. The predicted octanol–water partition coefficient (Wildman–Crippen LogP) is 2.20. The Bertz CT molecular complexity index is 819. The van der Waals surface area contributed by atoms with Gasteiger partial charge in [0.15, 0.2) is 17.7 Å². The van der Waals surface area contributed by atoms with Crippen LogP contribution < -0.4 is 4.74 Å². The Labute approximate surface area is 145 Å². The standard InChI is InChI=1S/C18H21FN4O2/c1-11-20-12(2)23(21-11)14-6-4-8-22(10-14)18(24)16-9-13-5-3-7-15(19)17(13)25-16/h3,5,7,14,16H,4,6,8-10H2,1-2H3/t14-,16+/m0/s1. The molecule has 3 heterocycles. The minimum absolute atomic E-state index is 0.0743. The molecule has 25 heavy (non-hydrogen) atoms. The molecule has 2 atom stereocenters. The number of piperidine rings is 1. The number of halogens is 1. The Kier molecular flexibility index (Phi) is 3.94. The van der Waals surface area contributed by atoms with Crippen molar-refractivity contribution >= 4 is 5.91 Å². The summed E-state index contributed by atoms with van der Waals surface area (Å²) >= 11 is 0. The van der Waals surface area contributed by atoms with E-state index in [4.69, 9.17) is 4.74 Å². The number of carbonyl (C=O) groups is 1. The number of likely N-dealkylation sites (tertiary alicyclic amines) is 1. The van der Waals surface area contributed by atoms with Crippen LogP contribution >= 0.6 is 0 Å². The average Bonchev–Trinajstić information content (AvgIpc) is 3.18. The first-order chi connectivity index (χ1) is 12.0. The third-order valence-corrected chi connectivity index (χ3v) is 4.95. The summed E-state index contributed by atoms with van der Waals surface area (Å²) in [6.45, 7) is 5.08. The Hall–Kier alpha value is -2.44. The monoisotopic (exact) mass is 344 g/mol. The number of hydrogen-bond acceptors (Lipinski definition) is 4. The summed E-state index contributed by atoms with van der Waals surface area (Å²) in [6.07, 6.45) is 1.66. The van der Waals surface area contributed by atoms with E-state index in [1.165, 1.54) is 6.07 Å². The first-order valence-electron chi connectivity index (χ1n) is 8.65. The molecule has 1 fully saturated rings. The molecule has 2 aliphatic heterocycles. The van der Waals surface area contributed by atoms with E-state index in [0.29, 0.717) is 19.5 Å². The highest BCUT2D eigenvalue weighted by molar-refractivity contribution is 5.82. The van der Waals surface area contributed by atoms with Gasteiger partial charge in [0.05, 0.1) is 6.04 Å². The van der Waals surface area contributed by atoms with Gasteiger partial charge in [-0.1, -0.05) is 12.1 Å². The largest absolute Gasteiger partial charge is 0.477 e. The highest BCUT2D eigenvalue weighted by Gasteiger charge is 2.36. The molecule has 0 unspecified atom stereocenters. The number of carbonyl (C=O) groups excluding carboxylic acids is 1. The summed E-state index contributed by atoms with van der Waals surface area (Å²) in [5.41, 5.74) is 0.759. The van der Waals surface area contributed by atoms with E-state index in [2.05, 4.69) is 10.1 Å². The van der Waals surface area contributed by atoms with Crippen LogP contribution in [-0.2, 0) is 11.2 Å². The maximum atomic E-state index is 13.8. The molecule has 6 nitrogen and oxygen atoms in total. The summed E-state index contributed by atoms with van der Waals surface area (Å²) in [6, 6.07) is 4.95. The number of benzene rings is 1. The zero-order chi connectivity index (χ0) is 17.6. The molecular weight excluding hydrogens is 323 g/mol. The molecule has 0 bridgehead atoms. The van der Waals surface area contributed by atoms with Gasteiger partial charge in [-0.05, 0) is 32.8 Å². The summed E-state index contributed by atoms with van der Waals surface area (Å²) in [4.78, 5) is 19.1. The zero-order valence-corrected chi connectivity index (χ0v) is 14.4. The second kappa shape index (κ2) is 6.13. The van der Waals surface area contributed by atoms with Crippen molar-refractivity contribution in [2.45, 2.75) is 45.3 Å². The first-order valence-corrected chi connectivity index (χ1v) is 8.65. The molecule has 132 valence electrons. The highest BCUT2D eigenvalue weighted by Crippen LogP contribution is 2.33. The number of fused-ring (bicyclic) bond motifs is 1. The minimum Gasteiger partial charge on any atom is -0.477 e. The van der Waals surface area contributed by atoms with Crippen molar-refractivity contribution in [1.29, 1.82) is 0 Å². The topological polar surface area (TPSA) is 60.2 Å². The third kappa shape index (κ3) is 2.88. The van der Waals surface area contributed by atoms with Crippen LogP contribution in [0.3, 0.4) is 0 Å². The van der Waals surface area contributed by atoms with Crippen LogP contribution in [-0.4, -0.2) is 44.8 Å². The van der Waals surface area contributed by atoms with Crippen molar-refractivity contribution < 1.29 is 13.9 Å². The molecule has 0 spiro atoms. The van der Waals surface area contributed by atoms with Crippen molar-refractivity contribution in [3.8, 4) is 5.75 Å². The molecular formula is C18H21FN4O2. The fourth-order valence-electron chi connectivity index (χ4n) is 3.81. The van der Waals surface area contributed by atoms with Gasteiger partial charge in [0.25, 0.3) is 5.91 Å². The Morgan fingerprint density at radius 2 is 2.20 bits per heavy atom. The summed E-state index contributed by atoms with van der Waals surface area (Å²) in [7, 11) is 0. The second-order valence-corrected chi connectivity index (χ2v) is 6.77. The van der Waals surface area contributed by atoms with Crippen LogP contribution in [0.25, 0.3) is 0 Å². The lowest BCUT2D eigenvalue weighted by Gasteiger charge is -2.34. The number of hydrogen-bond donors (Lipinski definition) is 0. The van der Waals surface area contributed by atoms with Gasteiger partial charge in [-0.3, -0.25) is 4.79 Å². The van der Waals surface area contributed by atoms with Crippen molar-refractivity contribution in [2.24, 2.45) is 0 Å². The lowest BCUT2D eigenvalue weighted by molar-refractivity contribution is -0.139. The van der Waals surface area contributed by atoms with E-state index in [0.717, 1.165) is 30.1 Å². The minimum atomic E-state index is -0.635. The van der Waals surface area contributed by atoms with Gasteiger partial charge in [0, 0.05) is 25.1 Å². The zero-order valence-electron chi connectivity index (χ0n) is 14.4. The molecule has 2 aromatic rings. The predicted molar refractivity (Wildman–Crippen MR) is 88.9 cm³/mol. The lowest BCUT2D eigenvalue weighted by atomic mass is 10.0. The van der Waals surface area contributed by atoms with Crippen LogP contribution in [0, 0.1) is 19.7 Å². The maximum absolute atomic E-state index is 13.8. The van der Waals surface area contributed by atoms with Crippen molar-refractivity contribution in [2.75, 3.05) is 13.1 Å². The Balaban J connectivity index is 1.48. The molecule has 1 aromatic heterocycles. The van der Waals surface area contributed by atoms with Crippen molar-refractivity contribution in [3.05, 3.63) is 41.2 Å². The molecule has 1 saturated heterocycles. The van der Waals surface area contributed by atoms with E-state index < -0.39 is 11.9 Å². The van der Waals surface area contributed by atoms with Crippen LogP contribution in [0.15, 0.2) is 18.2 Å². The molecule has 1 amide bonds. The van der Waals surface area contributed by atoms with Gasteiger partial charge in [-0.15, -0.1) is 0 Å².